The van der Waals surface area contributed by atoms with E-state index in [2.05, 4.69) is 30.3 Å². The first kappa shape index (κ1) is 22.7. The zero-order chi connectivity index (χ0) is 22.3. The van der Waals surface area contributed by atoms with Gasteiger partial charge in [-0.2, -0.15) is 0 Å². The predicted molar refractivity (Wildman–Crippen MR) is 134 cm³/mol. The smallest absolute Gasteiger partial charge is 0.318 e. The fourth-order valence-corrected chi connectivity index (χ4v) is 6.06. The molecular weight excluding hydrogens is 422 g/mol. The Morgan fingerprint density at radius 3 is 2.09 bits per heavy atom. The minimum atomic E-state index is -0.431. The summed E-state index contributed by atoms with van der Waals surface area (Å²) < 4.78 is 13.5. The third kappa shape index (κ3) is 4.12. The lowest BCUT2D eigenvalue weighted by molar-refractivity contribution is -0.946. The van der Waals surface area contributed by atoms with Crippen LogP contribution in [-0.2, 0) is 16.0 Å². The van der Waals surface area contributed by atoms with Gasteiger partial charge in [0.05, 0.1) is 19.6 Å². The van der Waals surface area contributed by atoms with Crippen LogP contribution in [0.25, 0.3) is 0 Å². The van der Waals surface area contributed by atoms with E-state index in [4.69, 9.17) is 9.47 Å². The lowest BCUT2D eigenvalue weighted by Gasteiger charge is -2.52. The molecule has 0 spiro atoms. The second-order valence-corrected chi connectivity index (χ2v) is 9.85. The number of ether oxygens (including phenoxy) is 2. The van der Waals surface area contributed by atoms with Crippen LogP contribution in [0.4, 0.5) is 0 Å². The Hall–Kier alpha value is -3.11. The molecule has 0 saturated carbocycles. The topological polar surface area (TPSA) is 35.5 Å². The van der Waals surface area contributed by atoms with Crippen LogP contribution in [0.2, 0.25) is 0 Å². The van der Waals surface area contributed by atoms with Crippen molar-refractivity contribution >= 4 is 5.97 Å². The van der Waals surface area contributed by atoms with Crippen molar-refractivity contribution in [2.75, 3.05) is 26.2 Å². The number of para-hydroxylation sites is 2. The second-order valence-electron chi connectivity index (χ2n) is 9.85. The molecule has 0 amide bonds. The first-order valence-corrected chi connectivity index (χ1v) is 12.2. The van der Waals surface area contributed by atoms with Gasteiger partial charge in [-0.15, -0.1) is 0 Å². The van der Waals surface area contributed by atoms with E-state index in [1.807, 2.05) is 48.5 Å². The molecule has 0 N–H and O–H groups in total. The van der Waals surface area contributed by atoms with E-state index in [-0.39, 0.29) is 19.5 Å². The number of piperidine rings is 3. The van der Waals surface area contributed by atoms with Gasteiger partial charge in [0.2, 0.25) is 0 Å². The Labute approximate surface area is 202 Å². The minimum absolute atomic E-state index is 0. The molecule has 3 aromatic rings. The molecule has 3 aromatic carbocycles. The number of fused-ring (bicyclic) bond motifs is 5. The van der Waals surface area contributed by atoms with Gasteiger partial charge in [-0.1, -0.05) is 66.7 Å². The van der Waals surface area contributed by atoms with Crippen LogP contribution < -0.4 is 4.74 Å². The summed E-state index contributed by atoms with van der Waals surface area (Å²) in [6.07, 6.45) is 3.37. The molecule has 4 heteroatoms. The average molecular weight is 456 g/mol. The normalized spacial score (nSPS) is 24.8. The molecule has 3 saturated heterocycles. The molecule has 34 heavy (non-hydrogen) atoms. The summed E-state index contributed by atoms with van der Waals surface area (Å²) in [7, 11) is 0. The zero-order valence-corrected chi connectivity index (χ0v) is 19.9. The Kier molecular flexibility index (Phi) is 6.18. The van der Waals surface area contributed by atoms with Crippen molar-refractivity contribution in [1.82, 2.24) is 0 Å². The third-order valence-corrected chi connectivity index (χ3v) is 7.94. The Balaban J connectivity index is 0.00000241. The molecule has 0 radical (unpaired) electrons. The van der Waals surface area contributed by atoms with E-state index < -0.39 is 5.92 Å². The highest BCUT2D eigenvalue weighted by molar-refractivity contribution is 5.85. The fourth-order valence-electron chi connectivity index (χ4n) is 6.06. The molecule has 7 rings (SSSR count). The van der Waals surface area contributed by atoms with Crippen molar-refractivity contribution in [3.63, 3.8) is 0 Å². The highest BCUT2D eigenvalue weighted by Gasteiger charge is 2.48. The molecule has 4 aliphatic heterocycles. The molecular formula is C30H33NO3. The van der Waals surface area contributed by atoms with Gasteiger partial charge in [0, 0.05) is 36.3 Å². The van der Waals surface area contributed by atoms with Crippen LogP contribution in [0.1, 0.15) is 35.4 Å². The number of rotatable bonds is 5. The number of esters is 1. The summed E-state index contributed by atoms with van der Waals surface area (Å²) in [5, 5.41) is 0. The monoisotopic (exact) mass is 455 g/mol. The van der Waals surface area contributed by atoms with Gasteiger partial charge in [0.25, 0.3) is 0 Å². The van der Waals surface area contributed by atoms with E-state index in [1.54, 1.807) is 0 Å². The largest absolute Gasteiger partial charge is 0.457 e. The van der Waals surface area contributed by atoms with Gasteiger partial charge in [0.15, 0.2) is 6.10 Å². The van der Waals surface area contributed by atoms with Gasteiger partial charge in [-0.25, -0.2) is 0 Å². The molecule has 1 atom stereocenters. The SMILES string of the molecule is O=C(O[C@H]1C[N+]2(CCc3ccccc3)CCC1CC2)C1c2ccccc2Oc2ccccc21.[CH3-]. The van der Waals surface area contributed by atoms with Crippen LogP contribution in [0.5, 0.6) is 11.5 Å². The molecule has 0 aromatic heterocycles. The lowest BCUT2D eigenvalue weighted by Crippen LogP contribution is -2.65. The Bertz CT molecular complexity index is 1100. The summed E-state index contributed by atoms with van der Waals surface area (Å²) in [4.78, 5) is 13.7. The number of carbonyl (C=O) groups is 1. The summed E-state index contributed by atoms with van der Waals surface area (Å²) in [6, 6.07) is 26.4. The van der Waals surface area contributed by atoms with Gasteiger partial charge < -0.3 is 21.4 Å². The Morgan fingerprint density at radius 2 is 1.44 bits per heavy atom. The molecule has 4 heterocycles. The van der Waals surface area contributed by atoms with E-state index >= 15 is 0 Å². The summed E-state index contributed by atoms with van der Waals surface area (Å²) in [6.45, 7) is 4.46. The van der Waals surface area contributed by atoms with Gasteiger partial charge in [-0.3, -0.25) is 4.79 Å². The maximum Gasteiger partial charge on any atom is 0.318 e. The molecule has 3 fully saturated rings. The number of hydrogen-bond acceptors (Lipinski definition) is 3. The standard InChI is InChI=1S/C29H30NO3.CH3/c31-29(28-23-10-4-6-12-25(23)32-26-13-7-5-11-24(26)28)33-27-20-30(18-15-22(27)16-19-30)17-14-21-8-2-1-3-9-21;/h1-13,22,27-28H,14-20H2;1H3/q+1;-1/t22?,27-,30?;/m0./s1. The van der Waals surface area contributed by atoms with Crippen LogP contribution in [0.15, 0.2) is 78.9 Å². The van der Waals surface area contributed by atoms with E-state index in [9.17, 15) is 4.79 Å². The minimum Gasteiger partial charge on any atom is -0.457 e. The van der Waals surface area contributed by atoms with Crippen molar-refractivity contribution in [1.29, 1.82) is 0 Å². The maximum atomic E-state index is 13.7. The van der Waals surface area contributed by atoms with Crippen LogP contribution in [-0.4, -0.2) is 42.7 Å². The van der Waals surface area contributed by atoms with Gasteiger partial charge in [0.1, 0.15) is 24.0 Å². The third-order valence-electron chi connectivity index (χ3n) is 7.94. The number of nitrogens with zero attached hydrogens (tertiary/aromatic N) is 1. The van der Waals surface area contributed by atoms with Crippen molar-refractivity contribution in [3.05, 3.63) is 103 Å². The highest BCUT2D eigenvalue weighted by atomic mass is 16.5. The fraction of sp³-hybridized carbons (Fsp3) is 0.333. The van der Waals surface area contributed by atoms with E-state index in [0.29, 0.717) is 5.92 Å². The molecule has 0 aliphatic carbocycles. The second kappa shape index (κ2) is 9.27. The van der Waals surface area contributed by atoms with E-state index in [0.717, 1.165) is 59.5 Å². The number of benzene rings is 3. The zero-order valence-electron chi connectivity index (χ0n) is 19.9. The molecule has 2 bridgehead atoms. The quantitative estimate of drug-likeness (QED) is 0.278. The van der Waals surface area contributed by atoms with Crippen molar-refractivity contribution in [2.24, 2.45) is 5.92 Å². The molecule has 0 unspecified atom stereocenters. The van der Waals surface area contributed by atoms with Crippen molar-refractivity contribution < 1.29 is 18.8 Å². The predicted octanol–water partition coefficient (Wildman–Crippen LogP) is 5.77. The molecule has 4 aliphatic rings. The summed E-state index contributed by atoms with van der Waals surface area (Å²) in [5.74, 6) is 1.41. The van der Waals surface area contributed by atoms with Crippen LogP contribution in [0, 0.1) is 13.3 Å². The van der Waals surface area contributed by atoms with E-state index in [1.165, 1.54) is 18.7 Å². The molecule has 176 valence electrons. The van der Waals surface area contributed by atoms with Crippen LogP contribution in [0.3, 0.4) is 0 Å². The van der Waals surface area contributed by atoms with Gasteiger partial charge >= 0.3 is 5.97 Å². The summed E-state index contributed by atoms with van der Waals surface area (Å²) >= 11 is 0. The van der Waals surface area contributed by atoms with Crippen LogP contribution >= 0.6 is 0 Å². The first-order valence-electron chi connectivity index (χ1n) is 12.2. The Morgan fingerprint density at radius 1 is 0.853 bits per heavy atom. The maximum absolute atomic E-state index is 13.7. The highest BCUT2D eigenvalue weighted by Crippen LogP contribution is 2.45. The van der Waals surface area contributed by atoms with Gasteiger partial charge in [-0.05, 0) is 17.7 Å². The number of hydrogen-bond donors (Lipinski definition) is 0. The molecule has 4 nitrogen and oxygen atoms in total. The first-order chi connectivity index (χ1) is 16.2. The lowest BCUT2D eigenvalue weighted by atomic mass is 9.82. The average Bonchev–Trinajstić information content (AvgIpc) is 2.87. The summed E-state index contributed by atoms with van der Waals surface area (Å²) in [5.41, 5.74) is 3.19. The van der Waals surface area contributed by atoms with Crippen molar-refractivity contribution in [3.8, 4) is 11.5 Å². The number of carbonyl (C=O) groups excluding carboxylic acids is 1. The van der Waals surface area contributed by atoms with Crippen molar-refractivity contribution in [2.45, 2.75) is 31.3 Å². The number of quaternary nitrogens is 1.